The van der Waals surface area contributed by atoms with Gasteiger partial charge in [0.05, 0.1) is 0 Å². The number of benzene rings is 1. The SMILES string of the molecule is NCC1(c2cccc(Cl)c2)CC(=O)C1. The summed E-state index contributed by atoms with van der Waals surface area (Å²) in [5.74, 6) is 0.287. The van der Waals surface area contributed by atoms with E-state index in [1.54, 1.807) is 0 Å². The lowest BCUT2D eigenvalue weighted by molar-refractivity contribution is -0.128. The molecule has 2 nitrogen and oxygen atoms in total. The van der Waals surface area contributed by atoms with E-state index in [2.05, 4.69) is 0 Å². The van der Waals surface area contributed by atoms with Gasteiger partial charge in [-0.3, -0.25) is 4.79 Å². The van der Waals surface area contributed by atoms with Gasteiger partial charge in [0.25, 0.3) is 0 Å². The van der Waals surface area contributed by atoms with Crippen LogP contribution in [0.25, 0.3) is 0 Å². The number of hydrogen-bond donors (Lipinski definition) is 1. The summed E-state index contributed by atoms with van der Waals surface area (Å²) in [5, 5.41) is 0.703. The van der Waals surface area contributed by atoms with Crippen molar-refractivity contribution in [2.24, 2.45) is 5.73 Å². The molecule has 14 heavy (non-hydrogen) atoms. The monoisotopic (exact) mass is 209 g/mol. The van der Waals surface area contributed by atoms with E-state index in [9.17, 15) is 4.79 Å². The number of carbonyl (C=O) groups excluding carboxylic acids is 1. The lowest BCUT2D eigenvalue weighted by Crippen LogP contribution is -2.47. The van der Waals surface area contributed by atoms with Crippen molar-refractivity contribution in [3.05, 3.63) is 34.9 Å². The van der Waals surface area contributed by atoms with Crippen LogP contribution in [0.1, 0.15) is 18.4 Å². The fourth-order valence-corrected chi connectivity index (χ4v) is 2.18. The Bertz CT molecular complexity index is 367. The molecule has 1 aromatic carbocycles. The van der Waals surface area contributed by atoms with Gasteiger partial charge in [-0.15, -0.1) is 0 Å². The van der Waals surface area contributed by atoms with Crippen LogP contribution in [-0.4, -0.2) is 12.3 Å². The van der Waals surface area contributed by atoms with E-state index in [0.29, 0.717) is 24.4 Å². The molecule has 2 N–H and O–H groups in total. The van der Waals surface area contributed by atoms with Crippen LogP contribution < -0.4 is 5.73 Å². The Hall–Kier alpha value is -0.860. The van der Waals surface area contributed by atoms with Gasteiger partial charge in [0.2, 0.25) is 0 Å². The Balaban J connectivity index is 2.33. The second-order valence-corrected chi connectivity index (χ2v) is 4.32. The first-order valence-corrected chi connectivity index (χ1v) is 5.02. The lowest BCUT2D eigenvalue weighted by atomic mass is 9.64. The van der Waals surface area contributed by atoms with Crippen molar-refractivity contribution in [3.8, 4) is 0 Å². The summed E-state index contributed by atoms with van der Waals surface area (Å²) in [6.07, 6.45) is 1.12. The van der Waals surface area contributed by atoms with E-state index in [4.69, 9.17) is 17.3 Å². The van der Waals surface area contributed by atoms with Crippen molar-refractivity contribution in [1.82, 2.24) is 0 Å². The zero-order chi connectivity index (χ0) is 10.2. The first kappa shape index (κ1) is 9.69. The minimum absolute atomic E-state index is 0.137. The van der Waals surface area contributed by atoms with Crippen LogP contribution in [0, 0.1) is 0 Å². The second kappa shape index (κ2) is 3.37. The molecule has 74 valence electrons. The van der Waals surface area contributed by atoms with Crippen molar-refractivity contribution < 1.29 is 4.79 Å². The van der Waals surface area contributed by atoms with Crippen LogP contribution >= 0.6 is 11.6 Å². The molecule has 0 aromatic heterocycles. The molecule has 2 rings (SSSR count). The summed E-state index contributed by atoms with van der Waals surface area (Å²) in [6.45, 7) is 0.513. The molecule has 3 heteroatoms. The molecular weight excluding hydrogens is 198 g/mol. The third-order valence-corrected chi connectivity index (χ3v) is 3.13. The Morgan fingerprint density at radius 3 is 2.64 bits per heavy atom. The summed E-state index contributed by atoms with van der Waals surface area (Å²) < 4.78 is 0. The molecule has 0 radical (unpaired) electrons. The Labute approximate surface area is 88.1 Å². The maximum absolute atomic E-state index is 11.0. The van der Waals surface area contributed by atoms with Gasteiger partial charge < -0.3 is 5.73 Å². The van der Waals surface area contributed by atoms with Crippen molar-refractivity contribution >= 4 is 17.4 Å². The van der Waals surface area contributed by atoms with Crippen LogP contribution in [0.4, 0.5) is 0 Å². The second-order valence-electron chi connectivity index (χ2n) is 3.89. The maximum Gasteiger partial charge on any atom is 0.134 e. The van der Waals surface area contributed by atoms with Gasteiger partial charge in [-0.2, -0.15) is 0 Å². The number of ketones is 1. The summed E-state index contributed by atoms with van der Waals surface area (Å²) in [5.41, 5.74) is 6.67. The van der Waals surface area contributed by atoms with Gasteiger partial charge in [-0.25, -0.2) is 0 Å². The fraction of sp³-hybridized carbons (Fsp3) is 0.364. The smallest absolute Gasteiger partial charge is 0.134 e. The van der Waals surface area contributed by atoms with Crippen molar-refractivity contribution in [1.29, 1.82) is 0 Å². The Kier molecular flexibility index (Phi) is 2.33. The molecule has 1 fully saturated rings. The number of halogens is 1. The third-order valence-electron chi connectivity index (χ3n) is 2.90. The normalized spacial score (nSPS) is 19.1. The topological polar surface area (TPSA) is 43.1 Å². The summed E-state index contributed by atoms with van der Waals surface area (Å²) in [6, 6.07) is 7.62. The van der Waals surface area contributed by atoms with Crippen molar-refractivity contribution in [2.75, 3.05) is 6.54 Å². The molecule has 0 unspecified atom stereocenters. The average Bonchev–Trinajstić information content (AvgIpc) is 2.12. The number of Topliss-reactive ketones (excluding diaryl/α,β-unsaturated/α-hetero) is 1. The minimum Gasteiger partial charge on any atom is -0.330 e. The highest BCUT2D eigenvalue weighted by atomic mass is 35.5. The molecule has 1 aromatic rings. The number of rotatable bonds is 2. The van der Waals surface area contributed by atoms with Crippen LogP contribution in [0.3, 0.4) is 0 Å². The molecule has 0 amide bonds. The molecule has 0 atom stereocenters. The number of hydrogen-bond acceptors (Lipinski definition) is 2. The standard InChI is InChI=1S/C11H12ClNO/c12-9-3-1-2-8(4-9)11(7-13)5-10(14)6-11/h1-4H,5-7,13H2. The predicted octanol–water partition coefficient (Wildman–Crippen LogP) is 1.90. The zero-order valence-electron chi connectivity index (χ0n) is 7.79. The molecule has 0 saturated heterocycles. The van der Waals surface area contributed by atoms with Crippen molar-refractivity contribution in [3.63, 3.8) is 0 Å². The number of carbonyl (C=O) groups is 1. The van der Waals surface area contributed by atoms with E-state index in [-0.39, 0.29) is 11.2 Å². The van der Waals surface area contributed by atoms with Gasteiger partial charge in [0, 0.05) is 29.8 Å². The van der Waals surface area contributed by atoms with Crippen LogP contribution in [0.2, 0.25) is 5.02 Å². The summed E-state index contributed by atoms with van der Waals surface area (Å²) in [7, 11) is 0. The highest BCUT2D eigenvalue weighted by Gasteiger charge is 2.43. The molecule has 0 heterocycles. The highest BCUT2D eigenvalue weighted by Crippen LogP contribution is 2.40. The Morgan fingerprint density at radius 2 is 2.14 bits per heavy atom. The molecule has 0 aliphatic heterocycles. The van der Waals surface area contributed by atoms with Crippen LogP contribution in [-0.2, 0) is 10.2 Å². The van der Waals surface area contributed by atoms with Gasteiger partial charge in [0.1, 0.15) is 5.78 Å². The molecular formula is C11H12ClNO. The third kappa shape index (κ3) is 1.45. The molecule has 1 saturated carbocycles. The fourth-order valence-electron chi connectivity index (χ4n) is 1.99. The van der Waals surface area contributed by atoms with Crippen molar-refractivity contribution in [2.45, 2.75) is 18.3 Å². The quantitative estimate of drug-likeness (QED) is 0.809. The molecule has 0 spiro atoms. The predicted molar refractivity (Wildman–Crippen MR) is 56.4 cm³/mol. The van der Waals surface area contributed by atoms with E-state index < -0.39 is 0 Å². The average molecular weight is 210 g/mol. The van der Waals surface area contributed by atoms with E-state index in [0.717, 1.165) is 5.56 Å². The van der Waals surface area contributed by atoms with E-state index >= 15 is 0 Å². The molecule has 0 bridgehead atoms. The molecule has 1 aliphatic carbocycles. The zero-order valence-corrected chi connectivity index (χ0v) is 8.55. The first-order valence-electron chi connectivity index (χ1n) is 4.64. The largest absolute Gasteiger partial charge is 0.330 e. The lowest BCUT2D eigenvalue weighted by Gasteiger charge is -2.40. The first-order chi connectivity index (χ1) is 6.66. The summed E-state index contributed by atoms with van der Waals surface area (Å²) >= 11 is 5.90. The minimum atomic E-state index is -0.137. The van der Waals surface area contributed by atoms with Gasteiger partial charge in [-0.05, 0) is 17.7 Å². The van der Waals surface area contributed by atoms with E-state index in [1.807, 2.05) is 24.3 Å². The number of nitrogens with two attached hydrogens (primary N) is 1. The maximum atomic E-state index is 11.0. The molecule has 1 aliphatic rings. The van der Waals surface area contributed by atoms with E-state index in [1.165, 1.54) is 0 Å². The van der Waals surface area contributed by atoms with Crippen LogP contribution in [0.5, 0.6) is 0 Å². The highest BCUT2D eigenvalue weighted by molar-refractivity contribution is 6.30. The summed E-state index contributed by atoms with van der Waals surface area (Å²) in [4.78, 5) is 11.0. The van der Waals surface area contributed by atoms with Gasteiger partial charge in [-0.1, -0.05) is 23.7 Å². The van der Waals surface area contributed by atoms with Gasteiger partial charge >= 0.3 is 0 Å². The Morgan fingerprint density at radius 1 is 1.43 bits per heavy atom. The van der Waals surface area contributed by atoms with Crippen LogP contribution in [0.15, 0.2) is 24.3 Å². The van der Waals surface area contributed by atoms with Gasteiger partial charge in [0.15, 0.2) is 0 Å².